The lowest BCUT2D eigenvalue weighted by molar-refractivity contribution is -0.136. The van der Waals surface area contributed by atoms with Crippen molar-refractivity contribution in [2.75, 3.05) is 11.1 Å². The molecule has 1 aromatic carbocycles. The van der Waals surface area contributed by atoms with Crippen LogP contribution in [0, 0.1) is 0 Å². The van der Waals surface area contributed by atoms with Crippen molar-refractivity contribution >= 4 is 17.1 Å². The van der Waals surface area contributed by atoms with E-state index < -0.39 is 11.7 Å². The van der Waals surface area contributed by atoms with Crippen LogP contribution in [-0.2, 0) is 19.6 Å². The number of nitrogen functional groups attached to an aromatic ring is 1. The van der Waals surface area contributed by atoms with E-state index in [1.54, 1.807) is 17.9 Å². The molecule has 2 aromatic rings. The van der Waals surface area contributed by atoms with E-state index in [2.05, 4.69) is 10.4 Å². The van der Waals surface area contributed by atoms with Crippen LogP contribution in [0.3, 0.4) is 0 Å². The minimum Gasteiger partial charge on any atom is -0.399 e. The standard InChI is InChI=1S/C13H15F3N4/c1-3-10-12(7-20(2)19-10)18-11-5-4-8(17)6-9(11)13(14,15)16/h4-7,18H,3,17H2,1-2H3. The lowest BCUT2D eigenvalue weighted by atomic mass is 10.1. The van der Waals surface area contributed by atoms with Crippen molar-refractivity contribution in [1.29, 1.82) is 0 Å². The number of hydrogen-bond donors (Lipinski definition) is 2. The second kappa shape index (κ2) is 5.07. The number of rotatable bonds is 3. The van der Waals surface area contributed by atoms with Gasteiger partial charge in [0.15, 0.2) is 0 Å². The SMILES string of the molecule is CCc1nn(C)cc1Nc1ccc(N)cc1C(F)(F)F. The fraction of sp³-hybridized carbons (Fsp3) is 0.308. The van der Waals surface area contributed by atoms with Gasteiger partial charge < -0.3 is 11.1 Å². The molecule has 1 heterocycles. The van der Waals surface area contributed by atoms with Gasteiger partial charge in [0.2, 0.25) is 0 Å². The molecule has 0 unspecified atom stereocenters. The first-order valence-corrected chi connectivity index (χ1v) is 6.07. The largest absolute Gasteiger partial charge is 0.418 e. The summed E-state index contributed by atoms with van der Waals surface area (Å²) in [7, 11) is 1.72. The smallest absolute Gasteiger partial charge is 0.399 e. The van der Waals surface area contributed by atoms with Crippen LogP contribution in [0.4, 0.5) is 30.2 Å². The molecule has 7 heteroatoms. The Bertz CT molecular complexity index is 617. The predicted octanol–water partition coefficient (Wildman–Crippen LogP) is 3.33. The molecule has 2 rings (SSSR count). The van der Waals surface area contributed by atoms with E-state index in [1.165, 1.54) is 12.1 Å². The molecule has 0 atom stereocenters. The van der Waals surface area contributed by atoms with Crippen molar-refractivity contribution < 1.29 is 13.2 Å². The molecule has 1 aromatic heterocycles. The molecular weight excluding hydrogens is 269 g/mol. The molecule has 3 N–H and O–H groups in total. The number of aryl methyl sites for hydroxylation is 2. The zero-order chi connectivity index (χ0) is 14.9. The number of nitrogens with two attached hydrogens (primary N) is 1. The van der Waals surface area contributed by atoms with E-state index in [0.717, 1.165) is 6.07 Å². The van der Waals surface area contributed by atoms with Crippen LogP contribution in [0.1, 0.15) is 18.2 Å². The minimum atomic E-state index is -4.47. The van der Waals surface area contributed by atoms with Gasteiger partial charge in [-0.3, -0.25) is 4.68 Å². The molecule has 0 saturated carbocycles. The molecular formula is C13H15F3N4. The second-order valence-corrected chi connectivity index (χ2v) is 4.44. The summed E-state index contributed by atoms with van der Waals surface area (Å²) in [6.45, 7) is 1.89. The number of benzene rings is 1. The second-order valence-electron chi connectivity index (χ2n) is 4.44. The first-order valence-electron chi connectivity index (χ1n) is 6.07. The van der Waals surface area contributed by atoms with Gasteiger partial charge in [0.1, 0.15) is 0 Å². The van der Waals surface area contributed by atoms with E-state index in [4.69, 9.17) is 5.73 Å². The Balaban J connectivity index is 2.43. The highest BCUT2D eigenvalue weighted by Crippen LogP contribution is 2.37. The van der Waals surface area contributed by atoms with Gasteiger partial charge in [0, 0.05) is 18.9 Å². The summed E-state index contributed by atoms with van der Waals surface area (Å²) in [4.78, 5) is 0. The maximum absolute atomic E-state index is 13.0. The molecule has 0 spiro atoms. The Kier molecular flexibility index (Phi) is 3.61. The lowest BCUT2D eigenvalue weighted by Crippen LogP contribution is -2.09. The Morgan fingerprint density at radius 1 is 1.30 bits per heavy atom. The van der Waals surface area contributed by atoms with Gasteiger partial charge in [-0.15, -0.1) is 0 Å². The normalized spacial score (nSPS) is 11.7. The van der Waals surface area contributed by atoms with Crippen molar-refractivity contribution in [1.82, 2.24) is 9.78 Å². The third-order valence-corrected chi connectivity index (χ3v) is 2.86. The first kappa shape index (κ1) is 14.2. The van der Waals surface area contributed by atoms with Gasteiger partial charge in [-0.1, -0.05) is 6.92 Å². The summed E-state index contributed by atoms with van der Waals surface area (Å²) in [6, 6.07) is 3.68. The Morgan fingerprint density at radius 2 is 2.00 bits per heavy atom. The molecule has 0 radical (unpaired) electrons. The van der Waals surface area contributed by atoms with E-state index in [9.17, 15) is 13.2 Å². The molecule has 20 heavy (non-hydrogen) atoms. The van der Waals surface area contributed by atoms with Gasteiger partial charge in [0.25, 0.3) is 0 Å². The number of halogens is 3. The third kappa shape index (κ3) is 2.87. The maximum atomic E-state index is 13.0. The number of nitrogens with one attached hydrogen (secondary N) is 1. The minimum absolute atomic E-state index is 0.0330. The van der Waals surface area contributed by atoms with Crippen LogP contribution >= 0.6 is 0 Å². The van der Waals surface area contributed by atoms with Gasteiger partial charge in [-0.2, -0.15) is 18.3 Å². The first-order chi connectivity index (χ1) is 9.31. The van der Waals surface area contributed by atoms with E-state index in [0.29, 0.717) is 17.8 Å². The summed E-state index contributed by atoms with van der Waals surface area (Å²) < 4.78 is 40.6. The van der Waals surface area contributed by atoms with Crippen molar-refractivity contribution in [3.05, 3.63) is 35.7 Å². The summed E-state index contributed by atoms with van der Waals surface area (Å²) in [5.74, 6) is 0. The fourth-order valence-corrected chi connectivity index (χ4v) is 1.95. The number of aromatic nitrogens is 2. The van der Waals surface area contributed by atoms with Crippen LogP contribution in [-0.4, -0.2) is 9.78 Å². The van der Waals surface area contributed by atoms with Gasteiger partial charge in [-0.05, 0) is 24.6 Å². The number of alkyl halides is 3. The molecule has 0 aliphatic heterocycles. The summed E-state index contributed by atoms with van der Waals surface area (Å²) in [5, 5.41) is 6.97. The van der Waals surface area contributed by atoms with Crippen LogP contribution in [0.25, 0.3) is 0 Å². The van der Waals surface area contributed by atoms with Crippen LogP contribution in [0.5, 0.6) is 0 Å². The van der Waals surface area contributed by atoms with E-state index >= 15 is 0 Å². The summed E-state index contributed by atoms with van der Waals surface area (Å²) in [5.41, 5.74) is 5.95. The number of hydrogen-bond acceptors (Lipinski definition) is 3. The third-order valence-electron chi connectivity index (χ3n) is 2.86. The van der Waals surface area contributed by atoms with Crippen molar-refractivity contribution in [2.45, 2.75) is 19.5 Å². The van der Waals surface area contributed by atoms with Gasteiger partial charge in [0.05, 0.1) is 22.6 Å². The highest BCUT2D eigenvalue weighted by molar-refractivity contribution is 5.67. The maximum Gasteiger partial charge on any atom is 0.418 e. The Morgan fingerprint density at radius 3 is 2.60 bits per heavy atom. The summed E-state index contributed by atoms with van der Waals surface area (Å²) >= 11 is 0. The number of anilines is 3. The zero-order valence-electron chi connectivity index (χ0n) is 11.1. The van der Waals surface area contributed by atoms with Crippen molar-refractivity contribution in [2.24, 2.45) is 7.05 Å². The van der Waals surface area contributed by atoms with Gasteiger partial charge >= 0.3 is 6.18 Å². The fourth-order valence-electron chi connectivity index (χ4n) is 1.95. The van der Waals surface area contributed by atoms with Crippen molar-refractivity contribution in [3.8, 4) is 0 Å². The van der Waals surface area contributed by atoms with E-state index in [-0.39, 0.29) is 11.4 Å². The molecule has 0 saturated heterocycles. The monoisotopic (exact) mass is 284 g/mol. The lowest BCUT2D eigenvalue weighted by Gasteiger charge is -2.15. The molecule has 0 fully saturated rings. The van der Waals surface area contributed by atoms with Crippen LogP contribution in [0.15, 0.2) is 24.4 Å². The molecule has 4 nitrogen and oxygen atoms in total. The van der Waals surface area contributed by atoms with Crippen LogP contribution in [0.2, 0.25) is 0 Å². The highest BCUT2D eigenvalue weighted by Gasteiger charge is 2.34. The predicted molar refractivity (Wildman–Crippen MR) is 71.7 cm³/mol. The Labute approximate surface area is 114 Å². The van der Waals surface area contributed by atoms with Gasteiger partial charge in [-0.25, -0.2) is 0 Å². The average Bonchev–Trinajstić information content (AvgIpc) is 2.70. The molecule has 0 aliphatic rings. The average molecular weight is 284 g/mol. The van der Waals surface area contributed by atoms with E-state index in [1.807, 2.05) is 6.92 Å². The molecule has 0 aliphatic carbocycles. The van der Waals surface area contributed by atoms with Crippen molar-refractivity contribution in [3.63, 3.8) is 0 Å². The molecule has 108 valence electrons. The number of nitrogens with zero attached hydrogens (tertiary/aromatic N) is 2. The van der Waals surface area contributed by atoms with Crippen LogP contribution < -0.4 is 11.1 Å². The Hall–Kier alpha value is -2.18. The topological polar surface area (TPSA) is 55.9 Å². The summed E-state index contributed by atoms with van der Waals surface area (Å²) in [6.07, 6.45) is -2.19. The molecule has 0 bridgehead atoms. The highest BCUT2D eigenvalue weighted by atomic mass is 19.4. The zero-order valence-corrected chi connectivity index (χ0v) is 11.1. The molecule has 0 amide bonds. The quantitative estimate of drug-likeness (QED) is 0.850.